The van der Waals surface area contributed by atoms with E-state index in [0.717, 1.165) is 25.8 Å². The van der Waals surface area contributed by atoms with Crippen molar-refractivity contribution in [3.63, 3.8) is 0 Å². The molecular weight excluding hydrogens is 282 g/mol. The Hall–Kier alpha value is -0.850. The number of nitrogens with zero attached hydrogens (tertiary/aromatic N) is 2. The smallest absolute Gasteiger partial charge is 0.241 e. The molecule has 1 aliphatic rings. The largest absolute Gasteiger partial charge is 0.383 e. The van der Waals surface area contributed by atoms with Gasteiger partial charge < -0.3 is 19.9 Å². The van der Waals surface area contributed by atoms with Gasteiger partial charge in [0, 0.05) is 27.7 Å². The molecule has 7 heteroatoms. The van der Waals surface area contributed by atoms with E-state index in [1.165, 1.54) is 4.90 Å². The van der Waals surface area contributed by atoms with Crippen molar-refractivity contribution < 1.29 is 14.3 Å². The molecule has 1 heterocycles. The molecule has 0 aromatic carbocycles. The number of halogens is 1. The van der Waals surface area contributed by atoms with Crippen LogP contribution in [0.2, 0.25) is 0 Å². The number of carbonyl (C=O) groups excluding carboxylic acids is 2. The van der Waals surface area contributed by atoms with Crippen LogP contribution in [-0.4, -0.2) is 75.1 Å². The van der Waals surface area contributed by atoms with Crippen LogP contribution >= 0.6 is 12.4 Å². The number of amides is 2. The van der Waals surface area contributed by atoms with Crippen molar-refractivity contribution in [2.45, 2.75) is 25.3 Å². The molecular formula is C13H26ClN3O3. The predicted octanol–water partition coefficient (Wildman–Crippen LogP) is 0.114. The van der Waals surface area contributed by atoms with Gasteiger partial charge in [-0.2, -0.15) is 0 Å². The van der Waals surface area contributed by atoms with Crippen molar-refractivity contribution in [2.75, 3.05) is 47.4 Å². The molecule has 1 rings (SSSR count). The minimum Gasteiger partial charge on any atom is -0.383 e. The zero-order valence-corrected chi connectivity index (χ0v) is 13.4. The zero-order chi connectivity index (χ0) is 14.3. The Morgan fingerprint density at radius 1 is 1.30 bits per heavy atom. The summed E-state index contributed by atoms with van der Waals surface area (Å²) >= 11 is 0. The molecule has 0 aliphatic carbocycles. The van der Waals surface area contributed by atoms with Crippen molar-refractivity contribution in [1.82, 2.24) is 15.1 Å². The summed E-state index contributed by atoms with van der Waals surface area (Å²) in [7, 11) is 4.98. The standard InChI is InChI=1S/C13H25N3O3.ClH/c1-15(2)12(17)10-16(8-9-19-3)13(18)11-6-4-5-7-14-11;/h11,14H,4-10H2,1-3H3;1H. The van der Waals surface area contributed by atoms with Crippen LogP contribution in [0, 0.1) is 0 Å². The molecule has 0 saturated carbocycles. The van der Waals surface area contributed by atoms with Crippen molar-refractivity contribution in [2.24, 2.45) is 0 Å². The second kappa shape index (κ2) is 9.96. The maximum Gasteiger partial charge on any atom is 0.241 e. The van der Waals surface area contributed by atoms with E-state index in [9.17, 15) is 9.59 Å². The van der Waals surface area contributed by atoms with Crippen LogP contribution in [0.25, 0.3) is 0 Å². The Labute approximate surface area is 127 Å². The van der Waals surface area contributed by atoms with Gasteiger partial charge >= 0.3 is 0 Å². The monoisotopic (exact) mass is 307 g/mol. The van der Waals surface area contributed by atoms with Gasteiger partial charge in [-0.25, -0.2) is 0 Å². The van der Waals surface area contributed by atoms with Gasteiger partial charge in [-0.15, -0.1) is 12.4 Å². The average molecular weight is 308 g/mol. The van der Waals surface area contributed by atoms with E-state index in [1.54, 1.807) is 26.1 Å². The van der Waals surface area contributed by atoms with E-state index in [-0.39, 0.29) is 36.8 Å². The van der Waals surface area contributed by atoms with Crippen LogP contribution in [-0.2, 0) is 14.3 Å². The first kappa shape index (κ1) is 19.1. The number of methoxy groups -OCH3 is 1. The quantitative estimate of drug-likeness (QED) is 0.757. The molecule has 0 radical (unpaired) electrons. The van der Waals surface area contributed by atoms with E-state index in [0.29, 0.717) is 13.2 Å². The zero-order valence-electron chi connectivity index (χ0n) is 12.6. The van der Waals surface area contributed by atoms with E-state index in [2.05, 4.69) is 5.32 Å². The van der Waals surface area contributed by atoms with Crippen molar-refractivity contribution in [1.29, 1.82) is 0 Å². The van der Waals surface area contributed by atoms with Gasteiger partial charge in [-0.1, -0.05) is 6.42 Å². The summed E-state index contributed by atoms with van der Waals surface area (Å²) in [4.78, 5) is 27.3. The number of hydrogen-bond donors (Lipinski definition) is 1. The lowest BCUT2D eigenvalue weighted by Crippen LogP contribution is -2.51. The van der Waals surface area contributed by atoms with Crippen LogP contribution in [0.3, 0.4) is 0 Å². The number of hydrogen-bond acceptors (Lipinski definition) is 4. The molecule has 0 aromatic rings. The van der Waals surface area contributed by atoms with Gasteiger partial charge in [0.15, 0.2) is 0 Å². The normalized spacial score (nSPS) is 18.1. The number of likely N-dealkylation sites (N-methyl/N-ethyl adjacent to an activating group) is 1. The number of nitrogens with one attached hydrogen (secondary N) is 1. The summed E-state index contributed by atoms with van der Waals surface area (Å²) in [5.74, 6) is -0.0628. The third-order valence-corrected chi connectivity index (χ3v) is 3.31. The molecule has 0 spiro atoms. The molecule has 1 aliphatic heterocycles. The lowest BCUT2D eigenvalue weighted by molar-refractivity contribution is -0.141. The molecule has 1 N–H and O–H groups in total. The first-order valence-electron chi connectivity index (χ1n) is 6.77. The van der Waals surface area contributed by atoms with Crippen molar-refractivity contribution in [3.05, 3.63) is 0 Å². The third kappa shape index (κ3) is 6.07. The van der Waals surface area contributed by atoms with E-state index < -0.39 is 0 Å². The molecule has 20 heavy (non-hydrogen) atoms. The Bertz CT molecular complexity index is 307. The fourth-order valence-electron chi connectivity index (χ4n) is 2.06. The minimum atomic E-state index is -0.152. The lowest BCUT2D eigenvalue weighted by atomic mass is 10.0. The predicted molar refractivity (Wildman–Crippen MR) is 80.0 cm³/mol. The number of rotatable bonds is 6. The summed E-state index contributed by atoms with van der Waals surface area (Å²) in [6.45, 7) is 1.88. The van der Waals surface area contributed by atoms with Crippen LogP contribution in [0.4, 0.5) is 0 Å². The molecule has 1 unspecified atom stereocenters. The Morgan fingerprint density at radius 3 is 2.50 bits per heavy atom. The minimum absolute atomic E-state index is 0. The molecule has 118 valence electrons. The summed E-state index contributed by atoms with van der Waals surface area (Å²) in [6.07, 6.45) is 3.01. The lowest BCUT2D eigenvalue weighted by Gasteiger charge is -2.30. The van der Waals surface area contributed by atoms with Gasteiger partial charge in [-0.05, 0) is 19.4 Å². The van der Waals surface area contributed by atoms with Crippen molar-refractivity contribution >= 4 is 24.2 Å². The van der Waals surface area contributed by atoms with Gasteiger partial charge in [0.05, 0.1) is 19.2 Å². The molecule has 6 nitrogen and oxygen atoms in total. The van der Waals surface area contributed by atoms with Crippen LogP contribution in [0.1, 0.15) is 19.3 Å². The molecule has 2 amide bonds. The van der Waals surface area contributed by atoms with Crippen LogP contribution in [0.5, 0.6) is 0 Å². The molecule has 0 aromatic heterocycles. The van der Waals surface area contributed by atoms with Crippen molar-refractivity contribution in [3.8, 4) is 0 Å². The Kier molecular flexibility index (Phi) is 9.54. The Morgan fingerprint density at radius 2 is 2.00 bits per heavy atom. The number of ether oxygens (including phenoxy) is 1. The second-order valence-electron chi connectivity index (χ2n) is 5.04. The van der Waals surface area contributed by atoms with Gasteiger partial charge in [0.25, 0.3) is 0 Å². The molecule has 1 atom stereocenters. The maximum atomic E-state index is 12.4. The summed E-state index contributed by atoms with van der Waals surface area (Å²) in [5.41, 5.74) is 0. The summed E-state index contributed by atoms with van der Waals surface area (Å²) in [6, 6.07) is -0.152. The maximum absolute atomic E-state index is 12.4. The average Bonchev–Trinajstić information content (AvgIpc) is 2.43. The number of piperidine rings is 1. The van der Waals surface area contributed by atoms with Gasteiger partial charge in [0.1, 0.15) is 0 Å². The third-order valence-electron chi connectivity index (χ3n) is 3.31. The van der Waals surface area contributed by atoms with E-state index >= 15 is 0 Å². The van der Waals surface area contributed by atoms with E-state index in [4.69, 9.17) is 4.74 Å². The SMILES string of the molecule is COCCN(CC(=O)N(C)C)C(=O)C1CCCCN1.Cl. The topological polar surface area (TPSA) is 61.9 Å². The van der Waals surface area contributed by atoms with E-state index in [1.807, 2.05) is 0 Å². The fourth-order valence-corrected chi connectivity index (χ4v) is 2.06. The molecule has 0 bridgehead atoms. The highest BCUT2D eigenvalue weighted by molar-refractivity contribution is 5.87. The molecule has 1 fully saturated rings. The molecule has 1 saturated heterocycles. The first-order chi connectivity index (χ1) is 9.06. The first-order valence-corrected chi connectivity index (χ1v) is 6.77. The highest BCUT2D eigenvalue weighted by Gasteiger charge is 2.27. The summed E-state index contributed by atoms with van der Waals surface area (Å²) in [5, 5.41) is 3.22. The van der Waals surface area contributed by atoms with Crippen LogP contribution in [0.15, 0.2) is 0 Å². The van der Waals surface area contributed by atoms with Gasteiger partial charge in [-0.3, -0.25) is 9.59 Å². The Balaban J connectivity index is 0.00000361. The van der Waals surface area contributed by atoms with Crippen LogP contribution < -0.4 is 5.32 Å². The summed E-state index contributed by atoms with van der Waals surface area (Å²) < 4.78 is 5.01. The number of carbonyl (C=O) groups is 2. The highest BCUT2D eigenvalue weighted by atomic mass is 35.5. The fraction of sp³-hybridized carbons (Fsp3) is 0.846. The highest BCUT2D eigenvalue weighted by Crippen LogP contribution is 2.10. The second-order valence-corrected chi connectivity index (χ2v) is 5.04. The van der Waals surface area contributed by atoms with Gasteiger partial charge in [0.2, 0.25) is 11.8 Å².